The van der Waals surface area contributed by atoms with Gasteiger partial charge in [0.1, 0.15) is 0 Å². The van der Waals surface area contributed by atoms with Crippen LogP contribution < -0.4 is 27.6 Å². The second-order valence-corrected chi connectivity index (χ2v) is 9.56. The highest BCUT2D eigenvalue weighted by Crippen LogP contribution is 2.23. The topological polar surface area (TPSA) is 123 Å². The minimum Gasteiger partial charge on any atom is -0.488 e. The molecule has 12 heteroatoms. The predicted octanol–water partition coefficient (Wildman–Crippen LogP) is 3.22. The third-order valence-corrected chi connectivity index (χ3v) is 6.06. The quantitative estimate of drug-likeness (QED) is 0.258. The second kappa shape index (κ2) is 12.0. The number of halogens is 2. The van der Waals surface area contributed by atoms with Crippen LogP contribution in [0, 0.1) is 5.82 Å². The van der Waals surface area contributed by atoms with Gasteiger partial charge in [-0.25, -0.2) is 28.3 Å². The largest absolute Gasteiger partial charge is 0.488 e. The van der Waals surface area contributed by atoms with Crippen LogP contribution >= 0.6 is 11.6 Å². The van der Waals surface area contributed by atoms with Gasteiger partial charge in [0.05, 0.1) is 37.6 Å². The second-order valence-electron chi connectivity index (χ2n) is 9.12. The number of esters is 1. The lowest BCUT2D eigenvalue weighted by atomic mass is 10.1. The molecule has 40 heavy (non-hydrogen) atoms. The van der Waals surface area contributed by atoms with Crippen molar-refractivity contribution in [2.45, 2.75) is 33.0 Å². The summed E-state index contributed by atoms with van der Waals surface area (Å²) < 4.78 is 27.7. The summed E-state index contributed by atoms with van der Waals surface area (Å²) in [5, 5.41) is 0.504. The molecule has 0 atom stereocenters. The highest BCUT2D eigenvalue weighted by atomic mass is 35.5. The number of ether oxygens (including phenoxy) is 2. The predicted molar refractivity (Wildman–Crippen MR) is 148 cm³/mol. The third-order valence-electron chi connectivity index (χ3n) is 5.81. The fourth-order valence-electron chi connectivity index (χ4n) is 3.94. The minimum absolute atomic E-state index is 0.0223. The average molecular weight is 568 g/mol. The van der Waals surface area contributed by atoms with Gasteiger partial charge in [0.25, 0.3) is 0 Å². The molecule has 1 aromatic heterocycles. The lowest BCUT2D eigenvalue weighted by Crippen LogP contribution is -2.57. The summed E-state index contributed by atoms with van der Waals surface area (Å²) in [6.45, 7) is 3.33. The first kappa shape index (κ1) is 28.4. The summed E-state index contributed by atoms with van der Waals surface area (Å²) in [5.41, 5.74) is -0.251. The van der Waals surface area contributed by atoms with Crippen molar-refractivity contribution in [3.63, 3.8) is 0 Å². The van der Waals surface area contributed by atoms with Gasteiger partial charge in [0, 0.05) is 11.1 Å². The number of rotatable bonds is 8. The number of nitrogen functional groups attached to an aromatic ring is 1. The molecule has 2 N–H and O–H groups in total. The summed E-state index contributed by atoms with van der Waals surface area (Å²) in [6.07, 6.45) is -0.242. The van der Waals surface area contributed by atoms with Crippen molar-refractivity contribution in [2.75, 3.05) is 13.0 Å². The number of hydrogen-bond acceptors (Lipinski definition) is 7. The van der Waals surface area contributed by atoms with Crippen molar-refractivity contribution < 1.29 is 18.7 Å². The molecular formula is C28H27ClFN5O5. The molecule has 0 aliphatic rings. The van der Waals surface area contributed by atoms with Gasteiger partial charge in [0.15, 0.2) is 11.6 Å². The van der Waals surface area contributed by atoms with Crippen LogP contribution in [0.2, 0.25) is 5.02 Å². The first-order valence-corrected chi connectivity index (χ1v) is 12.6. The van der Waals surface area contributed by atoms with E-state index in [0.29, 0.717) is 16.1 Å². The normalized spacial score (nSPS) is 11.6. The van der Waals surface area contributed by atoms with Crippen LogP contribution in [0.15, 0.2) is 81.3 Å². The van der Waals surface area contributed by atoms with Gasteiger partial charge in [-0.3, -0.25) is 4.57 Å². The zero-order valence-corrected chi connectivity index (χ0v) is 22.8. The fraction of sp³-hybridized carbons (Fsp3) is 0.214. The van der Waals surface area contributed by atoms with Crippen molar-refractivity contribution in [3.05, 3.63) is 121 Å². The molecule has 10 nitrogen and oxygen atoms in total. The number of methoxy groups -OCH3 is 1. The molecule has 0 aliphatic carbocycles. The summed E-state index contributed by atoms with van der Waals surface area (Å²) in [6, 6.07) is 17.1. The Balaban J connectivity index is 1.88. The van der Waals surface area contributed by atoms with E-state index in [1.807, 2.05) is 0 Å². The summed E-state index contributed by atoms with van der Waals surface area (Å²) in [7, 11) is 1.26. The summed E-state index contributed by atoms with van der Waals surface area (Å²) in [5.74, 6) is 5.00. The number of carbonyl (C=O) groups is 1. The van der Waals surface area contributed by atoms with Crippen LogP contribution in [0.1, 0.15) is 35.3 Å². The Kier molecular flexibility index (Phi) is 8.54. The highest BCUT2D eigenvalue weighted by molar-refractivity contribution is 6.30. The van der Waals surface area contributed by atoms with Gasteiger partial charge >= 0.3 is 17.3 Å². The Morgan fingerprint density at radius 3 is 2.33 bits per heavy atom. The molecule has 0 fully saturated rings. The third kappa shape index (κ3) is 6.32. The first-order valence-electron chi connectivity index (χ1n) is 12.2. The maximum Gasteiger partial charge on any atom is 0.354 e. The Morgan fingerprint density at radius 1 is 0.975 bits per heavy atom. The number of hydrogen-bond donors (Lipinski definition) is 1. The average Bonchev–Trinajstić information content (AvgIpc) is 2.93. The smallest absolute Gasteiger partial charge is 0.354 e. The fourth-order valence-corrected chi connectivity index (χ4v) is 4.07. The molecule has 0 saturated carbocycles. The SMILES string of the molecule is COC(=O)c1cccc(Cn2c(=O)n(N)c(=Nc3ccc(OC(C)C)c(F)c3)n(Cc3ccc(Cl)cc3)c2=O)c1. The standard InChI is InChI=1S/C28H27ClFN5O5/c1-17(2)40-24-12-11-22(14-23(24)30)32-26-33(15-18-7-9-21(29)10-8-18)27(37)34(28(38)35(26)31)16-19-5-4-6-20(13-19)25(36)39-3/h4-14,17H,15-16,31H2,1-3H3. The maximum absolute atomic E-state index is 14.7. The van der Waals surface area contributed by atoms with Crippen molar-refractivity contribution >= 4 is 23.3 Å². The molecular weight excluding hydrogens is 541 g/mol. The lowest BCUT2D eigenvalue weighted by Gasteiger charge is -2.15. The molecule has 0 bridgehead atoms. The van der Waals surface area contributed by atoms with Crippen LogP contribution in [-0.2, 0) is 17.8 Å². The van der Waals surface area contributed by atoms with E-state index in [0.717, 1.165) is 15.3 Å². The molecule has 0 spiro atoms. The number of carbonyl (C=O) groups excluding carboxylic acids is 1. The minimum atomic E-state index is -0.861. The van der Waals surface area contributed by atoms with E-state index in [1.165, 1.54) is 29.9 Å². The van der Waals surface area contributed by atoms with E-state index >= 15 is 0 Å². The molecule has 0 unspecified atom stereocenters. The Hall–Kier alpha value is -4.64. The van der Waals surface area contributed by atoms with Crippen LogP contribution in [0.5, 0.6) is 5.75 Å². The number of benzene rings is 3. The monoisotopic (exact) mass is 567 g/mol. The van der Waals surface area contributed by atoms with E-state index in [1.54, 1.807) is 56.3 Å². The van der Waals surface area contributed by atoms with Crippen molar-refractivity contribution in [3.8, 4) is 5.75 Å². The van der Waals surface area contributed by atoms with Gasteiger partial charge in [-0.1, -0.05) is 35.9 Å². The van der Waals surface area contributed by atoms with Crippen molar-refractivity contribution in [1.82, 2.24) is 13.8 Å². The number of aromatic nitrogens is 3. The Morgan fingerprint density at radius 2 is 1.68 bits per heavy atom. The van der Waals surface area contributed by atoms with E-state index in [-0.39, 0.29) is 41.8 Å². The van der Waals surface area contributed by atoms with E-state index in [2.05, 4.69) is 4.99 Å². The molecule has 0 radical (unpaired) electrons. The molecule has 4 rings (SSSR count). The zero-order chi connectivity index (χ0) is 29.0. The molecule has 0 amide bonds. The van der Waals surface area contributed by atoms with Crippen LogP contribution in [-0.4, -0.2) is 33.0 Å². The molecule has 1 heterocycles. The molecule has 0 saturated heterocycles. The molecule has 3 aromatic carbocycles. The van der Waals surface area contributed by atoms with Gasteiger partial charge in [0.2, 0.25) is 5.62 Å². The summed E-state index contributed by atoms with van der Waals surface area (Å²) in [4.78, 5) is 43.4. The molecule has 0 aliphatic heterocycles. The Labute approximate surface area is 233 Å². The molecule has 4 aromatic rings. The van der Waals surface area contributed by atoms with Crippen LogP contribution in [0.25, 0.3) is 0 Å². The van der Waals surface area contributed by atoms with E-state index < -0.39 is 23.2 Å². The van der Waals surface area contributed by atoms with Crippen LogP contribution in [0.4, 0.5) is 10.1 Å². The summed E-state index contributed by atoms with van der Waals surface area (Å²) >= 11 is 6.02. The number of nitrogens with zero attached hydrogens (tertiary/aromatic N) is 4. The Bertz CT molecular complexity index is 1740. The highest BCUT2D eigenvalue weighted by Gasteiger charge is 2.16. The van der Waals surface area contributed by atoms with E-state index in [9.17, 15) is 18.8 Å². The van der Waals surface area contributed by atoms with Gasteiger partial charge in [-0.05, 0) is 61.4 Å². The zero-order valence-electron chi connectivity index (χ0n) is 22.0. The number of nitrogens with two attached hydrogens (primary N) is 1. The van der Waals surface area contributed by atoms with Gasteiger partial charge in [-0.15, -0.1) is 0 Å². The maximum atomic E-state index is 14.7. The van der Waals surface area contributed by atoms with Crippen LogP contribution in [0.3, 0.4) is 0 Å². The van der Waals surface area contributed by atoms with Gasteiger partial charge < -0.3 is 15.3 Å². The van der Waals surface area contributed by atoms with E-state index in [4.69, 9.17) is 26.9 Å². The molecule has 208 valence electrons. The van der Waals surface area contributed by atoms with Crippen molar-refractivity contribution in [2.24, 2.45) is 4.99 Å². The first-order chi connectivity index (χ1) is 19.1. The van der Waals surface area contributed by atoms with Crippen molar-refractivity contribution in [1.29, 1.82) is 0 Å². The lowest BCUT2D eigenvalue weighted by molar-refractivity contribution is 0.0600. The van der Waals surface area contributed by atoms with Gasteiger partial charge in [-0.2, -0.15) is 4.68 Å².